The van der Waals surface area contributed by atoms with E-state index in [1.54, 1.807) is 24.5 Å². The van der Waals surface area contributed by atoms with E-state index < -0.39 is 5.97 Å². The van der Waals surface area contributed by atoms with E-state index in [9.17, 15) is 9.90 Å². The van der Waals surface area contributed by atoms with Gasteiger partial charge in [-0.1, -0.05) is 42.5 Å². The standard InChI is InChI=1S/C23H24N4O2/c1-24-22-21(25-12-13-26-22)20-7-4-14-27(20)15-16-8-10-17(11-9-16)18-5-2-3-6-19(18)23(28)29/h2-3,5-6,8-13,20H,4,7,14-15H2,1H3,(H,24,26)(H,28,29). The van der Waals surface area contributed by atoms with E-state index in [0.717, 1.165) is 48.6 Å². The average molecular weight is 388 g/mol. The fourth-order valence-electron chi connectivity index (χ4n) is 4.06. The molecule has 0 amide bonds. The molecular formula is C23H24N4O2. The molecule has 2 aromatic carbocycles. The lowest BCUT2D eigenvalue weighted by Crippen LogP contribution is -2.24. The summed E-state index contributed by atoms with van der Waals surface area (Å²) in [6.07, 6.45) is 5.66. The van der Waals surface area contributed by atoms with Gasteiger partial charge < -0.3 is 10.4 Å². The first-order valence-corrected chi connectivity index (χ1v) is 9.81. The number of likely N-dealkylation sites (tertiary alicyclic amines) is 1. The van der Waals surface area contributed by atoms with Gasteiger partial charge in [-0.3, -0.25) is 9.88 Å². The number of rotatable bonds is 6. The molecule has 1 fully saturated rings. The maximum absolute atomic E-state index is 11.5. The molecule has 1 aromatic heterocycles. The molecule has 1 unspecified atom stereocenters. The molecule has 4 rings (SSSR count). The van der Waals surface area contributed by atoms with Crippen LogP contribution in [0.25, 0.3) is 11.1 Å². The van der Waals surface area contributed by atoms with Gasteiger partial charge in [-0.25, -0.2) is 9.78 Å². The molecule has 1 saturated heterocycles. The molecule has 0 spiro atoms. The molecule has 1 aliphatic heterocycles. The van der Waals surface area contributed by atoms with E-state index in [-0.39, 0.29) is 6.04 Å². The molecule has 6 nitrogen and oxygen atoms in total. The van der Waals surface area contributed by atoms with E-state index in [2.05, 4.69) is 32.3 Å². The molecular weight excluding hydrogens is 364 g/mol. The van der Waals surface area contributed by atoms with Crippen molar-refractivity contribution < 1.29 is 9.90 Å². The molecule has 0 bridgehead atoms. The highest BCUT2D eigenvalue weighted by Gasteiger charge is 2.29. The summed E-state index contributed by atoms with van der Waals surface area (Å²) in [5.74, 6) is -0.0704. The average Bonchev–Trinajstić information content (AvgIpc) is 3.22. The number of nitrogens with one attached hydrogen (secondary N) is 1. The minimum Gasteiger partial charge on any atom is -0.478 e. The van der Waals surface area contributed by atoms with E-state index in [4.69, 9.17) is 0 Å². The highest BCUT2D eigenvalue weighted by Crippen LogP contribution is 2.35. The van der Waals surface area contributed by atoms with Crippen LogP contribution in [-0.4, -0.2) is 39.5 Å². The van der Waals surface area contributed by atoms with Crippen molar-refractivity contribution in [2.75, 3.05) is 18.9 Å². The summed E-state index contributed by atoms with van der Waals surface area (Å²) in [6, 6.07) is 15.5. The zero-order chi connectivity index (χ0) is 20.2. The monoisotopic (exact) mass is 388 g/mol. The number of aromatic carboxylic acids is 1. The number of nitrogens with zero attached hydrogens (tertiary/aromatic N) is 3. The van der Waals surface area contributed by atoms with E-state index >= 15 is 0 Å². The maximum Gasteiger partial charge on any atom is 0.336 e. The SMILES string of the molecule is CNc1nccnc1C1CCCN1Cc1ccc(-c2ccccc2C(=O)O)cc1. The molecule has 0 aliphatic carbocycles. The maximum atomic E-state index is 11.5. The Morgan fingerprint density at radius 3 is 2.66 bits per heavy atom. The van der Waals surface area contributed by atoms with Crippen LogP contribution in [0.1, 0.15) is 40.5 Å². The normalized spacial score (nSPS) is 16.7. The summed E-state index contributed by atoms with van der Waals surface area (Å²) in [4.78, 5) is 22.9. The van der Waals surface area contributed by atoms with Gasteiger partial charge in [-0.2, -0.15) is 0 Å². The minimum atomic E-state index is -0.908. The van der Waals surface area contributed by atoms with Gasteiger partial charge in [-0.05, 0) is 42.1 Å². The van der Waals surface area contributed by atoms with Crippen LogP contribution in [0.2, 0.25) is 0 Å². The third-order valence-corrected chi connectivity index (χ3v) is 5.45. The van der Waals surface area contributed by atoms with Crippen molar-refractivity contribution in [1.82, 2.24) is 14.9 Å². The van der Waals surface area contributed by atoms with E-state index in [1.165, 1.54) is 5.56 Å². The van der Waals surface area contributed by atoms with Crippen LogP contribution >= 0.6 is 0 Å². The van der Waals surface area contributed by atoms with Crippen molar-refractivity contribution in [2.45, 2.75) is 25.4 Å². The number of hydrogen-bond acceptors (Lipinski definition) is 5. The molecule has 2 heterocycles. The van der Waals surface area contributed by atoms with Crippen molar-refractivity contribution in [3.63, 3.8) is 0 Å². The van der Waals surface area contributed by atoms with Crippen LogP contribution in [0.4, 0.5) is 5.82 Å². The number of anilines is 1. The van der Waals surface area contributed by atoms with Gasteiger partial charge in [0.15, 0.2) is 0 Å². The highest BCUT2D eigenvalue weighted by atomic mass is 16.4. The van der Waals surface area contributed by atoms with Crippen molar-refractivity contribution in [3.8, 4) is 11.1 Å². The summed E-state index contributed by atoms with van der Waals surface area (Å²) in [5.41, 5.74) is 4.17. The summed E-state index contributed by atoms with van der Waals surface area (Å²) in [6.45, 7) is 1.85. The molecule has 1 atom stereocenters. The lowest BCUT2D eigenvalue weighted by atomic mass is 9.98. The quantitative estimate of drug-likeness (QED) is 0.658. The number of carboxylic acids is 1. The Labute approximate surface area is 170 Å². The van der Waals surface area contributed by atoms with Gasteiger partial charge in [0, 0.05) is 26.0 Å². The lowest BCUT2D eigenvalue weighted by molar-refractivity contribution is 0.0697. The molecule has 0 radical (unpaired) electrons. The first-order valence-electron chi connectivity index (χ1n) is 9.81. The first kappa shape index (κ1) is 19.1. The van der Waals surface area contributed by atoms with Crippen LogP contribution in [0.5, 0.6) is 0 Å². The van der Waals surface area contributed by atoms with Crippen LogP contribution in [-0.2, 0) is 6.54 Å². The van der Waals surface area contributed by atoms with Crippen LogP contribution < -0.4 is 5.32 Å². The van der Waals surface area contributed by atoms with Gasteiger partial charge >= 0.3 is 5.97 Å². The van der Waals surface area contributed by atoms with Gasteiger partial charge in [0.1, 0.15) is 5.82 Å². The lowest BCUT2D eigenvalue weighted by Gasteiger charge is -2.25. The van der Waals surface area contributed by atoms with Crippen molar-refractivity contribution in [2.24, 2.45) is 0 Å². The Bertz CT molecular complexity index is 1000. The summed E-state index contributed by atoms with van der Waals surface area (Å²) >= 11 is 0. The summed E-state index contributed by atoms with van der Waals surface area (Å²) in [7, 11) is 1.88. The molecule has 0 saturated carbocycles. The van der Waals surface area contributed by atoms with Crippen molar-refractivity contribution in [1.29, 1.82) is 0 Å². The fourth-order valence-corrected chi connectivity index (χ4v) is 4.06. The Morgan fingerprint density at radius 1 is 1.14 bits per heavy atom. The van der Waals surface area contributed by atoms with Gasteiger partial charge in [0.25, 0.3) is 0 Å². The first-order chi connectivity index (χ1) is 14.2. The Kier molecular flexibility index (Phi) is 5.53. The zero-order valence-corrected chi connectivity index (χ0v) is 16.4. The second kappa shape index (κ2) is 8.41. The number of carboxylic acid groups (broad SMARTS) is 1. The van der Waals surface area contributed by atoms with Gasteiger partial charge in [0.05, 0.1) is 17.3 Å². The largest absolute Gasteiger partial charge is 0.478 e. The fraction of sp³-hybridized carbons (Fsp3) is 0.261. The van der Waals surface area contributed by atoms with Gasteiger partial charge in [-0.15, -0.1) is 0 Å². The second-order valence-corrected chi connectivity index (χ2v) is 7.22. The Hall–Kier alpha value is -3.25. The number of benzene rings is 2. The van der Waals surface area contributed by atoms with E-state index in [1.807, 2.05) is 31.3 Å². The predicted molar refractivity (Wildman–Crippen MR) is 113 cm³/mol. The number of aromatic nitrogens is 2. The summed E-state index contributed by atoms with van der Waals surface area (Å²) in [5, 5.41) is 12.6. The zero-order valence-electron chi connectivity index (χ0n) is 16.4. The minimum absolute atomic E-state index is 0.249. The third kappa shape index (κ3) is 3.98. The third-order valence-electron chi connectivity index (χ3n) is 5.45. The topological polar surface area (TPSA) is 78.4 Å². The Balaban J connectivity index is 1.54. The van der Waals surface area contributed by atoms with Crippen LogP contribution in [0.15, 0.2) is 60.9 Å². The molecule has 148 valence electrons. The van der Waals surface area contributed by atoms with Crippen molar-refractivity contribution in [3.05, 3.63) is 77.7 Å². The summed E-state index contributed by atoms with van der Waals surface area (Å²) < 4.78 is 0. The molecule has 6 heteroatoms. The van der Waals surface area contributed by atoms with Gasteiger partial charge in [0.2, 0.25) is 0 Å². The van der Waals surface area contributed by atoms with Crippen molar-refractivity contribution >= 4 is 11.8 Å². The second-order valence-electron chi connectivity index (χ2n) is 7.22. The number of hydrogen-bond donors (Lipinski definition) is 2. The predicted octanol–water partition coefficient (Wildman–Crippen LogP) is 4.22. The Morgan fingerprint density at radius 2 is 1.90 bits per heavy atom. The highest BCUT2D eigenvalue weighted by molar-refractivity contribution is 5.95. The van der Waals surface area contributed by atoms with E-state index in [0.29, 0.717) is 5.56 Å². The van der Waals surface area contributed by atoms with Crippen LogP contribution in [0.3, 0.4) is 0 Å². The molecule has 3 aromatic rings. The number of carbonyl (C=O) groups is 1. The molecule has 1 aliphatic rings. The molecule has 29 heavy (non-hydrogen) atoms. The smallest absolute Gasteiger partial charge is 0.336 e. The molecule has 2 N–H and O–H groups in total. The van der Waals surface area contributed by atoms with Crippen LogP contribution in [0, 0.1) is 0 Å².